The molecule has 1 aliphatic heterocycles. The van der Waals surface area contributed by atoms with Crippen LogP contribution in [0.2, 0.25) is 0 Å². The van der Waals surface area contributed by atoms with E-state index in [1.165, 1.54) is 8.42 Å². The van der Waals surface area contributed by atoms with Gasteiger partial charge in [0.2, 0.25) is 0 Å². The van der Waals surface area contributed by atoms with Crippen LogP contribution in [0.15, 0.2) is 8.42 Å². The molecule has 0 N–H and O–H groups in total. The molecular formula is C7H8OS5. The highest BCUT2D eigenvalue weighted by atomic mass is 32.2. The SMILES string of the molecule is COCC1CSc2sc(=S)sc2S1. The van der Waals surface area contributed by atoms with Crippen molar-refractivity contribution in [1.82, 2.24) is 0 Å². The zero-order valence-electron chi connectivity index (χ0n) is 6.94. The molecule has 6 heteroatoms. The van der Waals surface area contributed by atoms with Crippen molar-refractivity contribution >= 4 is 58.4 Å². The largest absolute Gasteiger partial charge is 0.383 e. The molecule has 1 atom stereocenters. The Morgan fingerprint density at radius 1 is 1.46 bits per heavy atom. The van der Waals surface area contributed by atoms with Crippen LogP contribution in [0.4, 0.5) is 0 Å². The number of hydrogen-bond acceptors (Lipinski definition) is 6. The van der Waals surface area contributed by atoms with Gasteiger partial charge in [-0.25, -0.2) is 0 Å². The van der Waals surface area contributed by atoms with Gasteiger partial charge in [-0.05, 0) is 0 Å². The number of rotatable bonds is 2. The van der Waals surface area contributed by atoms with Crippen molar-refractivity contribution in [2.24, 2.45) is 0 Å². The third kappa shape index (κ3) is 2.49. The van der Waals surface area contributed by atoms with E-state index in [0.717, 1.165) is 15.5 Å². The van der Waals surface area contributed by atoms with Gasteiger partial charge >= 0.3 is 0 Å². The minimum Gasteiger partial charge on any atom is -0.383 e. The van der Waals surface area contributed by atoms with Gasteiger partial charge in [-0.15, -0.1) is 46.2 Å². The van der Waals surface area contributed by atoms with Crippen LogP contribution in [-0.4, -0.2) is 24.7 Å². The van der Waals surface area contributed by atoms with Crippen LogP contribution >= 0.6 is 58.4 Å². The standard InChI is InChI=1S/C7H8OS5/c1-8-2-4-3-10-5-6(11-4)13-7(9)12-5/h4H,2-3H2,1H3. The lowest BCUT2D eigenvalue weighted by molar-refractivity contribution is 0.203. The average Bonchev–Trinajstić information content (AvgIpc) is 2.44. The third-order valence-electron chi connectivity index (χ3n) is 1.55. The monoisotopic (exact) mass is 268 g/mol. The topological polar surface area (TPSA) is 9.23 Å². The van der Waals surface area contributed by atoms with Crippen LogP contribution in [0.3, 0.4) is 0 Å². The van der Waals surface area contributed by atoms with Gasteiger partial charge in [0.15, 0.2) is 0 Å². The van der Waals surface area contributed by atoms with Crippen LogP contribution in [0, 0.1) is 3.14 Å². The van der Waals surface area contributed by atoms with Crippen LogP contribution in [0.25, 0.3) is 0 Å². The smallest absolute Gasteiger partial charge is 0.145 e. The molecule has 0 aliphatic carbocycles. The number of methoxy groups -OCH3 is 1. The van der Waals surface area contributed by atoms with Crippen LogP contribution in [0.5, 0.6) is 0 Å². The van der Waals surface area contributed by atoms with Crippen LogP contribution in [-0.2, 0) is 4.74 Å². The predicted octanol–water partition coefficient (Wildman–Crippen LogP) is 3.75. The molecule has 0 saturated carbocycles. The molecule has 1 aromatic rings. The van der Waals surface area contributed by atoms with Crippen molar-refractivity contribution in [3.63, 3.8) is 0 Å². The van der Waals surface area contributed by atoms with Gasteiger partial charge in [0.05, 0.1) is 15.0 Å². The van der Waals surface area contributed by atoms with E-state index in [9.17, 15) is 0 Å². The fourth-order valence-corrected chi connectivity index (χ4v) is 7.62. The Hall–Kier alpha value is 0.930. The molecule has 1 nitrogen and oxygen atoms in total. The maximum Gasteiger partial charge on any atom is 0.145 e. The van der Waals surface area contributed by atoms with Gasteiger partial charge in [-0.3, -0.25) is 0 Å². The van der Waals surface area contributed by atoms with Gasteiger partial charge < -0.3 is 4.74 Å². The summed E-state index contributed by atoms with van der Waals surface area (Å²) in [6.45, 7) is 0.840. The molecule has 2 heterocycles. The van der Waals surface area contributed by atoms with Crippen molar-refractivity contribution in [3.8, 4) is 0 Å². The summed E-state index contributed by atoms with van der Waals surface area (Å²) in [5.41, 5.74) is 0. The summed E-state index contributed by atoms with van der Waals surface area (Å²) >= 11 is 12.5. The molecular weight excluding hydrogens is 260 g/mol. The highest BCUT2D eigenvalue weighted by Crippen LogP contribution is 2.47. The second kappa shape index (κ2) is 4.63. The zero-order chi connectivity index (χ0) is 9.26. The second-order valence-electron chi connectivity index (χ2n) is 2.54. The molecule has 13 heavy (non-hydrogen) atoms. The molecule has 2 rings (SSSR count). The van der Waals surface area contributed by atoms with Gasteiger partial charge in [0.25, 0.3) is 0 Å². The van der Waals surface area contributed by atoms with Gasteiger partial charge in [-0.1, -0.05) is 12.2 Å². The van der Waals surface area contributed by atoms with Crippen molar-refractivity contribution in [2.75, 3.05) is 19.5 Å². The van der Waals surface area contributed by atoms with Crippen molar-refractivity contribution < 1.29 is 4.74 Å². The number of ether oxygens (including phenoxy) is 1. The van der Waals surface area contributed by atoms with E-state index < -0.39 is 0 Å². The van der Waals surface area contributed by atoms with E-state index in [-0.39, 0.29) is 0 Å². The number of fused-ring (bicyclic) bond motifs is 1. The highest BCUT2D eigenvalue weighted by Gasteiger charge is 2.22. The minimum absolute atomic E-state index is 0.600. The molecule has 0 saturated heterocycles. The molecule has 0 fully saturated rings. The summed E-state index contributed by atoms with van der Waals surface area (Å²) in [7, 11) is 1.76. The Kier molecular flexibility index (Phi) is 3.72. The highest BCUT2D eigenvalue weighted by molar-refractivity contribution is 8.08. The van der Waals surface area contributed by atoms with E-state index in [1.807, 2.05) is 23.5 Å². The fourth-order valence-electron chi connectivity index (χ4n) is 1.04. The normalized spacial score (nSPS) is 21.5. The predicted molar refractivity (Wildman–Crippen MR) is 65.3 cm³/mol. The Morgan fingerprint density at radius 2 is 2.23 bits per heavy atom. The first-order chi connectivity index (χ1) is 6.29. The average molecular weight is 268 g/mol. The van der Waals surface area contributed by atoms with Crippen molar-refractivity contribution in [1.29, 1.82) is 0 Å². The molecule has 0 bridgehead atoms. The molecule has 1 aromatic heterocycles. The van der Waals surface area contributed by atoms with Crippen molar-refractivity contribution in [3.05, 3.63) is 3.14 Å². The first-order valence-electron chi connectivity index (χ1n) is 3.72. The summed E-state index contributed by atoms with van der Waals surface area (Å²) in [4.78, 5) is 0. The van der Waals surface area contributed by atoms with E-state index in [2.05, 4.69) is 0 Å². The van der Waals surface area contributed by atoms with Crippen LogP contribution < -0.4 is 0 Å². The third-order valence-corrected chi connectivity index (χ3v) is 7.62. The lowest BCUT2D eigenvalue weighted by Gasteiger charge is -2.18. The first kappa shape index (κ1) is 10.4. The quantitative estimate of drug-likeness (QED) is 0.755. The maximum atomic E-state index is 5.16. The molecule has 72 valence electrons. The fraction of sp³-hybridized carbons (Fsp3) is 0.571. The Bertz CT molecular complexity index is 341. The van der Waals surface area contributed by atoms with Gasteiger partial charge in [-0.2, -0.15) is 0 Å². The summed E-state index contributed by atoms with van der Waals surface area (Å²) in [6.07, 6.45) is 0. The first-order valence-corrected chi connectivity index (χ1v) is 7.62. The lowest BCUT2D eigenvalue weighted by Crippen LogP contribution is -2.15. The maximum absolute atomic E-state index is 5.16. The van der Waals surface area contributed by atoms with Gasteiger partial charge in [0.1, 0.15) is 3.14 Å². The Labute approximate surface area is 98.9 Å². The Balaban J connectivity index is 2.14. The molecule has 0 radical (unpaired) electrons. The minimum atomic E-state index is 0.600. The lowest BCUT2D eigenvalue weighted by atomic mass is 10.5. The number of hydrogen-bond donors (Lipinski definition) is 0. The summed E-state index contributed by atoms with van der Waals surface area (Å²) in [5.74, 6) is 1.15. The molecule has 1 unspecified atom stereocenters. The summed E-state index contributed by atoms with van der Waals surface area (Å²) in [6, 6.07) is 0. The second-order valence-corrected chi connectivity index (χ2v) is 8.62. The van der Waals surface area contributed by atoms with Gasteiger partial charge in [0, 0.05) is 18.1 Å². The molecule has 0 spiro atoms. The zero-order valence-corrected chi connectivity index (χ0v) is 11.0. The van der Waals surface area contributed by atoms with E-state index in [1.54, 1.807) is 29.8 Å². The van der Waals surface area contributed by atoms with Crippen LogP contribution in [0.1, 0.15) is 0 Å². The van der Waals surface area contributed by atoms with E-state index >= 15 is 0 Å². The van der Waals surface area contributed by atoms with Crippen molar-refractivity contribution in [2.45, 2.75) is 13.7 Å². The summed E-state index contributed by atoms with van der Waals surface area (Å²) < 4.78 is 9.00. The Morgan fingerprint density at radius 3 is 3.00 bits per heavy atom. The molecule has 0 aromatic carbocycles. The molecule has 1 aliphatic rings. The number of thioether (sulfide) groups is 2. The van der Waals surface area contributed by atoms with E-state index in [0.29, 0.717) is 5.25 Å². The van der Waals surface area contributed by atoms with E-state index in [4.69, 9.17) is 17.0 Å². The molecule has 0 amide bonds. The summed E-state index contributed by atoms with van der Waals surface area (Å²) in [5, 5.41) is 0.600.